The smallest absolute Gasteiger partial charge is 0.351 e. The zero-order valence-corrected chi connectivity index (χ0v) is 17.8. The molecule has 0 saturated carbocycles. The highest BCUT2D eigenvalue weighted by molar-refractivity contribution is 7.17. The first-order valence-corrected chi connectivity index (χ1v) is 9.73. The van der Waals surface area contributed by atoms with Gasteiger partial charge in [0.25, 0.3) is 5.91 Å². The molecule has 3 amide bonds. The number of carbonyl (C=O) groups excluding carboxylic acids is 3. The van der Waals surface area contributed by atoms with E-state index in [1.165, 1.54) is 6.92 Å². The molecule has 0 aliphatic heterocycles. The lowest BCUT2D eigenvalue weighted by Crippen LogP contribution is -2.50. The van der Waals surface area contributed by atoms with Crippen molar-refractivity contribution in [2.24, 2.45) is 0 Å². The molecule has 2 rings (SSSR count). The largest absolute Gasteiger partial charge is 0.448 e. The number of hydrogen-bond acceptors (Lipinski definition) is 6. The van der Waals surface area contributed by atoms with E-state index in [9.17, 15) is 14.4 Å². The quantitative estimate of drug-likeness (QED) is 0.726. The Kier molecular flexibility index (Phi) is 6.79. The van der Waals surface area contributed by atoms with Gasteiger partial charge in [-0.05, 0) is 46.8 Å². The summed E-state index contributed by atoms with van der Waals surface area (Å²) in [6.07, 6.45) is -1.14. The number of esters is 1. The summed E-state index contributed by atoms with van der Waals surface area (Å²) < 4.78 is 5.20. The van der Waals surface area contributed by atoms with E-state index in [1.54, 1.807) is 45.9 Å². The number of carbonyl (C=O) groups is 3. The van der Waals surface area contributed by atoms with Crippen LogP contribution in [-0.2, 0) is 9.53 Å². The normalized spacial score (nSPS) is 12.2. The monoisotopic (exact) mass is 423 g/mol. The molecule has 0 spiro atoms. The van der Waals surface area contributed by atoms with Crippen LogP contribution in [0.1, 0.15) is 43.1 Å². The van der Waals surface area contributed by atoms with E-state index in [0.29, 0.717) is 15.7 Å². The molecule has 7 nitrogen and oxygen atoms in total. The molecule has 2 N–H and O–H groups in total. The first-order valence-electron chi connectivity index (χ1n) is 8.53. The SMILES string of the molecule is Cc1nc(-c2cccc(Cl)c2)sc1C(=O)OC(C)C(=O)NC(=O)NC(C)(C)C. The molecular formula is C19H22ClN3O4S. The fourth-order valence-electron chi connectivity index (χ4n) is 2.18. The summed E-state index contributed by atoms with van der Waals surface area (Å²) >= 11 is 7.15. The zero-order valence-electron chi connectivity index (χ0n) is 16.3. The number of imide groups is 1. The average molecular weight is 424 g/mol. The van der Waals surface area contributed by atoms with Gasteiger partial charge in [0, 0.05) is 16.1 Å². The second-order valence-corrected chi connectivity index (χ2v) is 8.62. The molecule has 1 unspecified atom stereocenters. The second kappa shape index (κ2) is 8.70. The van der Waals surface area contributed by atoms with Crippen molar-refractivity contribution in [1.29, 1.82) is 0 Å². The van der Waals surface area contributed by atoms with E-state index >= 15 is 0 Å². The summed E-state index contributed by atoms with van der Waals surface area (Å²) in [7, 11) is 0. The lowest BCUT2D eigenvalue weighted by atomic mass is 10.1. The molecule has 1 heterocycles. The van der Waals surface area contributed by atoms with Crippen LogP contribution in [0.25, 0.3) is 10.6 Å². The number of aromatic nitrogens is 1. The van der Waals surface area contributed by atoms with Gasteiger partial charge in [-0.15, -0.1) is 11.3 Å². The maximum absolute atomic E-state index is 12.4. The zero-order chi connectivity index (χ0) is 21.1. The van der Waals surface area contributed by atoms with Crippen LogP contribution in [0.5, 0.6) is 0 Å². The van der Waals surface area contributed by atoms with Gasteiger partial charge in [-0.2, -0.15) is 0 Å². The number of ether oxygens (including phenoxy) is 1. The Morgan fingerprint density at radius 3 is 2.54 bits per heavy atom. The van der Waals surface area contributed by atoms with Gasteiger partial charge in [-0.1, -0.05) is 23.7 Å². The van der Waals surface area contributed by atoms with Crippen LogP contribution >= 0.6 is 22.9 Å². The minimum atomic E-state index is -1.14. The standard InChI is InChI=1S/C19H22ClN3O4S/c1-10-14(28-16(21-10)12-7-6-8-13(20)9-12)17(25)27-11(2)15(24)22-18(26)23-19(3,4)5/h6-9,11H,1-5H3,(H2,22,23,24,26). The van der Waals surface area contributed by atoms with E-state index in [0.717, 1.165) is 16.9 Å². The number of hydrogen-bond donors (Lipinski definition) is 2. The summed E-state index contributed by atoms with van der Waals surface area (Å²) in [5, 5.41) is 5.93. The van der Waals surface area contributed by atoms with E-state index in [4.69, 9.17) is 16.3 Å². The highest BCUT2D eigenvalue weighted by atomic mass is 35.5. The van der Waals surface area contributed by atoms with E-state index in [-0.39, 0.29) is 4.88 Å². The first-order chi connectivity index (χ1) is 13.0. The molecule has 1 aromatic carbocycles. The van der Waals surface area contributed by atoms with Crippen LogP contribution in [0.15, 0.2) is 24.3 Å². The molecule has 28 heavy (non-hydrogen) atoms. The summed E-state index contributed by atoms with van der Waals surface area (Å²) in [6.45, 7) is 8.42. The fraction of sp³-hybridized carbons (Fsp3) is 0.368. The van der Waals surface area contributed by atoms with Crippen molar-refractivity contribution in [2.75, 3.05) is 0 Å². The predicted molar refractivity (Wildman–Crippen MR) is 109 cm³/mol. The van der Waals surface area contributed by atoms with Crippen molar-refractivity contribution in [3.05, 3.63) is 39.9 Å². The van der Waals surface area contributed by atoms with Crippen LogP contribution in [0.2, 0.25) is 5.02 Å². The van der Waals surface area contributed by atoms with Gasteiger partial charge in [0.2, 0.25) is 0 Å². The Labute approximate surface area is 172 Å². The number of amides is 3. The van der Waals surface area contributed by atoms with Crippen LogP contribution in [0.4, 0.5) is 4.79 Å². The van der Waals surface area contributed by atoms with Crippen LogP contribution in [0, 0.1) is 6.92 Å². The van der Waals surface area contributed by atoms with Crippen molar-refractivity contribution in [3.8, 4) is 10.6 Å². The first kappa shape index (κ1) is 21.8. The predicted octanol–water partition coefficient (Wildman–Crippen LogP) is 3.94. The summed E-state index contributed by atoms with van der Waals surface area (Å²) in [5.74, 6) is -1.39. The Bertz CT molecular complexity index is 905. The van der Waals surface area contributed by atoms with Crippen molar-refractivity contribution in [3.63, 3.8) is 0 Å². The molecule has 2 aromatic rings. The van der Waals surface area contributed by atoms with Crippen LogP contribution in [-0.4, -0.2) is 34.5 Å². The van der Waals surface area contributed by atoms with Crippen LogP contribution < -0.4 is 10.6 Å². The lowest BCUT2D eigenvalue weighted by Gasteiger charge is -2.21. The third-order valence-corrected chi connectivity index (χ3v) is 4.85. The summed E-state index contributed by atoms with van der Waals surface area (Å²) in [6, 6.07) is 6.47. The third-order valence-electron chi connectivity index (χ3n) is 3.43. The number of rotatable bonds is 4. The summed E-state index contributed by atoms with van der Waals surface area (Å²) in [5.41, 5.74) is 0.771. The van der Waals surface area contributed by atoms with Gasteiger partial charge in [0.15, 0.2) is 6.10 Å². The van der Waals surface area contributed by atoms with Gasteiger partial charge in [0.1, 0.15) is 9.88 Å². The van der Waals surface area contributed by atoms with E-state index in [1.807, 2.05) is 6.07 Å². The number of urea groups is 1. The van der Waals surface area contributed by atoms with Gasteiger partial charge in [-0.3, -0.25) is 10.1 Å². The fourth-order valence-corrected chi connectivity index (χ4v) is 3.32. The van der Waals surface area contributed by atoms with Crippen molar-refractivity contribution < 1.29 is 19.1 Å². The Balaban J connectivity index is 2.04. The van der Waals surface area contributed by atoms with E-state index < -0.39 is 29.6 Å². The second-order valence-electron chi connectivity index (χ2n) is 7.18. The number of aryl methyl sites for hydroxylation is 1. The van der Waals surface area contributed by atoms with Gasteiger partial charge >= 0.3 is 12.0 Å². The van der Waals surface area contributed by atoms with E-state index in [2.05, 4.69) is 15.6 Å². The topological polar surface area (TPSA) is 97.4 Å². The third kappa shape index (κ3) is 6.03. The lowest BCUT2D eigenvalue weighted by molar-refractivity contribution is -0.127. The summed E-state index contributed by atoms with van der Waals surface area (Å²) in [4.78, 5) is 41.0. The van der Waals surface area contributed by atoms with Crippen molar-refractivity contribution in [1.82, 2.24) is 15.6 Å². The minimum Gasteiger partial charge on any atom is -0.448 e. The maximum Gasteiger partial charge on any atom is 0.351 e. The molecule has 9 heteroatoms. The molecule has 1 aromatic heterocycles. The van der Waals surface area contributed by atoms with Crippen LogP contribution in [0.3, 0.4) is 0 Å². The Morgan fingerprint density at radius 2 is 1.93 bits per heavy atom. The minimum absolute atomic E-state index is 0.286. The molecule has 0 aliphatic carbocycles. The Morgan fingerprint density at radius 1 is 1.25 bits per heavy atom. The number of thiazole rings is 1. The number of halogens is 1. The number of nitrogens with zero attached hydrogens (tertiary/aromatic N) is 1. The van der Waals surface area contributed by atoms with Gasteiger partial charge < -0.3 is 10.1 Å². The molecule has 1 atom stereocenters. The number of nitrogens with one attached hydrogen (secondary N) is 2. The maximum atomic E-state index is 12.4. The molecule has 0 saturated heterocycles. The van der Waals surface area contributed by atoms with Crippen molar-refractivity contribution >= 4 is 40.8 Å². The molecular weight excluding hydrogens is 402 g/mol. The average Bonchev–Trinajstić information content (AvgIpc) is 2.95. The van der Waals surface area contributed by atoms with Gasteiger partial charge in [-0.25, -0.2) is 14.6 Å². The van der Waals surface area contributed by atoms with Gasteiger partial charge in [0.05, 0.1) is 5.69 Å². The number of benzene rings is 1. The molecule has 0 aliphatic rings. The highest BCUT2D eigenvalue weighted by Crippen LogP contribution is 2.30. The Hall–Kier alpha value is -2.45. The molecule has 0 bridgehead atoms. The highest BCUT2D eigenvalue weighted by Gasteiger charge is 2.25. The molecule has 150 valence electrons. The molecule has 0 radical (unpaired) electrons. The van der Waals surface area contributed by atoms with Crippen molar-refractivity contribution in [2.45, 2.75) is 46.3 Å². The molecule has 0 fully saturated rings.